The molecule has 0 aromatic heterocycles. The first kappa shape index (κ1) is 18.3. The first-order valence-corrected chi connectivity index (χ1v) is 7.77. The molecule has 0 aliphatic heterocycles. The smallest absolute Gasteiger partial charge is 0.206 e. The highest BCUT2D eigenvalue weighted by molar-refractivity contribution is 5.31. The summed E-state index contributed by atoms with van der Waals surface area (Å²) in [6.45, 7) is 16.3. The molecule has 0 atom stereocenters. The topological polar surface area (TPSA) is 29.4 Å². The zero-order valence-corrected chi connectivity index (χ0v) is 13.8. The van der Waals surface area contributed by atoms with E-state index in [9.17, 15) is 4.79 Å². The van der Waals surface area contributed by atoms with Crippen LogP contribution in [0.4, 0.5) is 0 Å². The molecule has 0 aromatic rings. The van der Waals surface area contributed by atoms with E-state index >= 15 is 0 Å². The average Bonchev–Trinajstić information content (AvgIpc) is 2.31. The Morgan fingerprint density at radius 2 is 1.11 bits per heavy atom. The molecule has 0 fully saturated rings. The summed E-state index contributed by atoms with van der Waals surface area (Å²) in [5.74, 6) is 1.95. The minimum Gasteiger partial charge on any atom is -0.206 e. The molecule has 112 valence electrons. The van der Waals surface area contributed by atoms with Crippen LogP contribution in [0, 0.1) is 17.8 Å². The Morgan fingerprint density at radius 1 is 0.789 bits per heavy atom. The van der Waals surface area contributed by atoms with E-state index in [4.69, 9.17) is 0 Å². The predicted molar refractivity (Wildman–Crippen MR) is 81.3 cm³/mol. The van der Waals surface area contributed by atoms with Gasteiger partial charge in [0.05, 0.1) is 0 Å². The molecule has 3 nitrogen and oxygen atoms in total. The van der Waals surface area contributed by atoms with Gasteiger partial charge < -0.3 is 0 Å². The van der Waals surface area contributed by atoms with Crippen molar-refractivity contribution in [2.24, 2.45) is 22.9 Å². The van der Waals surface area contributed by atoms with Crippen molar-refractivity contribution in [2.45, 2.75) is 60.8 Å². The van der Waals surface area contributed by atoms with E-state index in [2.05, 4.69) is 46.6 Å². The second-order valence-corrected chi connectivity index (χ2v) is 7.00. The predicted octanol–water partition coefficient (Wildman–Crippen LogP) is 4.19. The lowest BCUT2D eigenvalue weighted by molar-refractivity contribution is -0.936. The molecule has 19 heavy (non-hydrogen) atoms. The normalized spacial score (nSPS) is 12.3. The van der Waals surface area contributed by atoms with E-state index in [1.807, 2.05) is 6.08 Å². The maximum atomic E-state index is 10.8. The Hall–Kier alpha value is -0.660. The monoisotopic (exact) mass is 269 g/mol. The van der Waals surface area contributed by atoms with Gasteiger partial charge in [0.2, 0.25) is 0 Å². The molecule has 0 radical (unpaired) electrons. The molecule has 3 heteroatoms. The molecule has 0 saturated carbocycles. The van der Waals surface area contributed by atoms with E-state index in [0.717, 1.165) is 38.9 Å². The Morgan fingerprint density at radius 3 is 1.32 bits per heavy atom. The van der Waals surface area contributed by atoms with Gasteiger partial charge in [0, 0.05) is 24.4 Å². The molecule has 0 aromatic carbocycles. The number of rotatable bonds is 10. The SMILES string of the molecule is CC(C)CC[N+](CCC(C)C)(CCC(C)C)N=C=O. The molecule has 0 heterocycles. The first-order chi connectivity index (χ1) is 8.81. The summed E-state index contributed by atoms with van der Waals surface area (Å²) in [6.07, 6.45) is 5.16. The van der Waals surface area contributed by atoms with Crippen molar-refractivity contribution in [3.8, 4) is 0 Å². The Bertz CT molecular complexity index is 247. The molecule has 0 aliphatic carbocycles. The van der Waals surface area contributed by atoms with E-state index in [1.165, 1.54) is 0 Å². The van der Waals surface area contributed by atoms with Gasteiger partial charge in [-0.15, -0.1) is 0 Å². The average molecular weight is 269 g/mol. The molecular weight excluding hydrogens is 236 g/mol. The summed E-state index contributed by atoms with van der Waals surface area (Å²) in [4.78, 5) is 10.8. The van der Waals surface area contributed by atoms with Crippen molar-refractivity contribution in [3.05, 3.63) is 0 Å². The Kier molecular flexibility index (Phi) is 8.95. The van der Waals surface area contributed by atoms with Gasteiger partial charge in [-0.25, -0.2) is 4.79 Å². The van der Waals surface area contributed by atoms with Crippen LogP contribution in [0.3, 0.4) is 0 Å². The van der Waals surface area contributed by atoms with Crippen molar-refractivity contribution < 1.29 is 9.39 Å². The summed E-state index contributed by atoms with van der Waals surface area (Å²) in [7, 11) is 0. The molecule has 0 unspecified atom stereocenters. The van der Waals surface area contributed by atoms with Gasteiger partial charge in [-0.1, -0.05) is 41.5 Å². The fraction of sp³-hybridized carbons (Fsp3) is 0.938. The molecule has 0 bridgehead atoms. The lowest BCUT2D eigenvalue weighted by Crippen LogP contribution is -2.46. The lowest BCUT2D eigenvalue weighted by Gasteiger charge is -2.32. The summed E-state index contributed by atoms with van der Waals surface area (Å²) >= 11 is 0. The zero-order chi connectivity index (χ0) is 14.9. The number of hydrogen-bond donors (Lipinski definition) is 0. The number of carbonyl (C=O) groups excluding carboxylic acids is 1. The second kappa shape index (κ2) is 9.28. The molecule has 0 amide bonds. The fourth-order valence-corrected chi connectivity index (χ4v) is 2.07. The third-order valence-electron chi connectivity index (χ3n) is 3.62. The second-order valence-electron chi connectivity index (χ2n) is 7.00. The van der Waals surface area contributed by atoms with Gasteiger partial charge in [0.15, 0.2) is 0 Å². The maximum absolute atomic E-state index is 10.8. The molecule has 0 rings (SSSR count). The van der Waals surface area contributed by atoms with Crippen LogP contribution in [0.25, 0.3) is 0 Å². The van der Waals surface area contributed by atoms with Crippen molar-refractivity contribution in [3.63, 3.8) is 0 Å². The van der Waals surface area contributed by atoms with Crippen molar-refractivity contribution in [2.75, 3.05) is 19.6 Å². The number of hydrogen-bond acceptors (Lipinski definition) is 2. The molecular formula is C16H33N2O+. The maximum Gasteiger partial charge on any atom is 0.294 e. The third kappa shape index (κ3) is 8.96. The quantitative estimate of drug-likeness (QED) is 0.253. The van der Waals surface area contributed by atoms with Crippen LogP contribution < -0.4 is 0 Å². The highest BCUT2D eigenvalue weighted by Gasteiger charge is 2.28. The van der Waals surface area contributed by atoms with Crippen LogP contribution in [0.5, 0.6) is 0 Å². The van der Waals surface area contributed by atoms with E-state index < -0.39 is 0 Å². The van der Waals surface area contributed by atoms with Crippen LogP contribution in [0.15, 0.2) is 5.10 Å². The summed E-state index contributed by atoms with van der Waals surface area (Å²) in [5.41, 5.74) is 0. The third-order valence-corrected chi connectivity index (χ3v) is 3.62. The standard InChI is InChI=1S/C16H33N2O/c1-14(2)7-10-18(17-13-19,11-8-15(3)4)12-9-16(5)6/h14-16H,7-12H2,1-6H3/q+1. The van der Waals surface area contributed by atoms with E-state index in [0.29, 0.717) is 22.3 Å². The number of isocyanates is 1. The van der Waals surface area contributed by atoms with Gasteiger partial charge in [0.1, 0.15) is 19.6 Å². The summed E-state index contributed by atoms with van der Waals surface area (Å²) in [6, 6.07) is 0. The van der Waals surface area contributed by atoms with Crippen LogP contribution >= 0.6 is 0 Å². The van der Waals surface area contributed by atoms with Crippen molar-refractivity contribution in [1.29, 1.82) is 0 Å². The largest absolute Gasteiger partial charge is 0.294 e. The van der Waals surface area contributed by atoms with Gasteiger partial charge >= 0.3 is 0 Å². The number of quaternary nitrogens is 1. The van der Waals surface area contributed by atoms with E-state index in [1.54, 1.807) is 0 Å². The summed E-state index contributed by atoms with van der Waals surface area (Å²) in [5, 5.41) is 4.20. The van der Waals surface area contributed by atoms with Crippen LogP contribution in [-0.4, -0.2) is 30.3 Å². The van der Waals surface area contributed by atoms with Crippen molar-refractivity contribution >= 4 is 6.08 Å². The fourth-order valence-electron chi connectivity index (χ4n) is 2.07. The minimum atomic E-state index is 0.581. The molecule has 0 N–H and O–H groups in total. The van der Waals surface area contributed by atoms with Crippen LogP contribution in [0.1, 0.15) is 60.8 Å². The van der Waals surface area contributed by atoms with Gasteiger partial charge in [-0.3, -0.25) is 0 Å². The minimum absolute atomic E-state index is 0.581. The lowest BCUT2D eigenvalue weighted by atomic mass is 10.1. The highest BCUT2D eigenvalue weighted by atomic mass is 16.1. The molecule has 0 saturated heterocycles. The zero-order valence-electron chi connectivity index (χ0n) is 13.8. The Balaban J connectivity index is 4.81. The first-order valence-electron chi connectivity index (χ1n) is 7.77. The summed E-state index contributed by atoms with van der Waals surface area (Å²) < 4.78 is 0.581. The van der Waals surface area contributed by atoms with E-state index in [-0.39, 0.29) is 0 Å². The van der Waals surface area contributed by atoms with Crippen LogP contribution in [0.2, 0.25) is 0 Å². The molecule has 0 spiro atoms. The molecule has 0 aliphatic rings. The van der Waals surface area contributed by atoms with Crippen LogP contribution in [-0.2, 0) is 4.79 Å². The van der Waals surface area contributed by atoms with Crippen molar-refractivity contribution in [1.82, 2.24) is 0 Å². The van der Waals surface area contributed by atoms with Gasteiger partial charge in [-0.2, -0.15) is 4.59 Å². The highest BCUT2D eigenvalue weighted by Crippen LogP contribution is 2.19. The van der Waals surface area contributed by atoms with Gasteiger partial charge in [-0.05, 0) is 17.8 Å². The van der Waals surface area contributed by atoms with Gasteiger partial charge in [0.25, 0.3) is 6.08 Å². The number of nitrogens with zero attached hydrogens (tertiary/aromatic N) is 2. The Labute approximate surface area is 119 Å².